The van der Waals surface area contributed by atoms with E-state index in [9.17, 15) is 0 Å². The summed E-state index contributed by atoms with van der Waals surface area (Å²) in [6.07, 6.45) is 1.99. The van der Waals surface area contributed by atoms with Crippen LogP contribution in [0.2, 0.25) is 0 Å². The average Bonchev–Trinajstić information content (AvgIpc) is 2.29. The van der Waals surface area contributed by atoms with Gasteiger partial charge in [-0.25, -0.2) is 9.97 Å². The Labute approximate surface area is 101 Å². The molecule has 1 saturated heterocycles. The third-order valence-electron chi connectivity index (χ3n) is 2.84. The fraction of sp³-hybridized carbons (Fsp3) is 0.667. The number of nitrogens with zero attached hydrogens (tertiary/aromatic N) is 2. The van der Waals surface area contributed by atoms with Crippen LogP contribution in [0.4, 0.5) is 0 Å². The quantitative estimate of drug-likeness (QED) is 0.856. The third kappa shape index (κ3) is 2.55. The van der Waals surface area contributed by atoms with Crippen LogP contribution in [-0.2, 0) is 0 Å². The molecular weight excluding hydrogens is 218 g/mol. The minimum Gasteiger partial charge on any atom is -0.307 e. The minimum atomic E-state index is 0.401. The summed E-state index contributed by atoms with van der Waals surface area (Å²) in [5.41, 5.74) is 2.49. The smallest absolute Gasteiger partial charge is 0.125 e. The molecule has 3 nitrogen and oxygen atoms in total. The maximum Gasteiger partial charge on any atom is 0.125 e. The van der Waals surface area contributed by atoms with Crippen LogP contribution in [0.1, 0.15) is 42.9 Å². The average molecular weight is 237 g/mol. The van der Waals surface area contributed by atoms with Gasteiger partial charge in [-0.2, -0.15) is 11.8 Å². The van der Waals surface area contributed by atoms with Gasteiger partial charge < -0.3 is 5.32 Å². The predicted octanol–water partition coefficient (Wildman–Crippen LogP) is 2.29. The Morgan fingerprint density at radius 1 is 1.50 bits per heavy atom. The first-order valence-electron chi connectivity index (χ1n) is 5.83. The number of hydrogen-bond acceptors (Lipinski definition) is 4. The lowest BCUT2D eigenvalue weighted by Crippen LogP contribution is -2.32. The molecule has 4 heteroatoms. The fourth-order valence-electron chi connectivity index (χ4n) is 1.96. The molecule has 88 valence electrons. The lowest BCUT2D eigenvalue weighted by atomic mass is 9.99. The maximum atomic E-state index is 4.63. The molecule has 0 bridgehead atoms. The molecule has 1 aromatic heterocycles. The second-order valence-corrected chi connectivity index (χ2v) is 5.64. The van der Waals surface area contributed by atoms with Gasteiger partial charge in [0, 0.05) is 24.2 Å². The van der Waals surface area contributed by atoms with Crippen LogP contribution in [0, 0.1) is 6.92 Å². The molecule has 1 aliphatic heterocycles. The monoisotopic (exact) mass is 237 g/mol. The van der Waals surface area contributed by atoms with Crippen LogP contribution in [0.5, 0.6) is 0 Å². The molecule has 0 aromatic carbocycles. The molecule has 0 spiro atoms. The first kappa shape index (κ1) is 11.9. The first-order chi connectivity index (χ1) is 7.68. The van der Waals surface area contributed by atoms with Gasteiger partial charge in [0.25, 0.3) is 0 Å². The second kappa shape index (κ2) is 5.15. The van der Waals surface area contributed by atoms with E-state index in [0.717, 1.165) is 18.1 Å². The highest BCUT2D eigenvalue weighted by Crippen LogP contribution is 2.27. The standard InChI is InChI=1S/C12H19N3S/c1-8(2)10-6-14-9(3)15-12(10)11-7-16-5-4-13-11/h6,8,11,13H,4-5,7H2,1-3H3. The molecule has 2 rings (SSSR count). The zero-order valence-corrected chi connectivity index (χ0v) is 11.0. The molecule has 1 fully saturated rings. The molecule has 0 radical (unpaired) electrons. The molecule has 16 heavy (non-hydrogen) atoms. The number of aromatic nitrogens is 2. The van der Waals surface area contributed by atoms with Crippen LogP contribution in [0.3, 0.4) is 0 Å². The third-order valence-corrected chi connectivity index (χ3v) is 3.90. The molecule has 1 N–H and O–H groups in total. The van der Waals surface area contributed by atoms with Gasteiger partial charge in [0.1, 0.15) is 5.82 Å². The van der Waals surface area contributed by atoms with Crippen molar-refractivity contribution < 1.29 is 0 Å². The number of hydrogen-bond donors (Lipinski definition) is 1. The summed E-state index contributed by atoms with van der Waals surface area (Å²) in [5, 5.41) is 3.55. The van der Waals surface area contributed by atoms with Gasteiger partial charge in [-0.1, -0.05) is 13.8 Å². The van der Waals surface area contributed by atoms with Crippen LogP contribution >= 0.6 is 11.8 Å². The van der Waals surface area contributed by atoms with Crippen LogP contribution < -0.4 is 5.32 Å². The normalized spacial score (nSPS) is 21.4. The zero-order chi connectivity index (χ0) is 11.5. The van der Waals surface area contributed by atoms with Crippen molar-refractivity contribution in [3.05, 3.63) is 23.3 Å². The van der Waals surface area contributed by atoms with Crippen molar-refractivity contribution in [1.82, 2.24) is 15.3 Å². The van der Waals surface area contributed by atoms with E-state index in [4.69, 9.17) is 0 Å². The topological polar surface area (TPSA) is 37.8 Å². The van der Waals surface area contributed by atoms with E-state index in [2.05, 4.69) is 29.1 Å². The summed E-state index contributed by atoms with van der Waals surface area (Å²) < 4.78 is 0. The van der Waals surface area contributed by atoms with Gasteiger partial charge in [-0.3, -0.25) is 0 Å². The second-order valence-electron chi connectivity index (χ2n) is 4.49. The number of aryl methyl sites for hydroxylation is 1. The predicted molar refractivity (Wildman–Crippen MR) is 68.9 cm³/mol. The van der Waals surface area contributed by atoms with Crippen molar-refractivity contribution in [2.24, 2.45) is 0 Å². The van der Waals surface area contributed by atoms with Crippen LogP contribution in [0.15, 0.2) is 6.20 Å². The van der Waals surface area contributed by atoms with Gasteiger partial charge in [-0.15, -0.1) is 0 Å². The van der Waals surface area contributed by atoms with E-state index >= 15 is 0 Å². The van der Waals surface area contributed by atoms with Gasteiger partial charge in [0.2, 0.25) is 0 Å². The lowest BCUT2D eigenvalue weighted by Gasteiger charge is -2.25. The van der Waals surface area contributed by atoms with Crippen molar-refractivity contribution in [3.8, 4) is 0 Å². The SMILES string of the molecule is Cc1ncc(C(C)C)c(C2CSCCN2)n1. The highest BCUT2D eigenvalue weighted by atomic mass is 32.2. The van der Waals surface area contributed by atoms with Gasteiger partial charge >= 0.3 is 0 Å². The molecule has 1 aromatic rings. The summed E-state index contributed by atoms with van der Waals surface area (Å²) in [6, 6.07) is 0.401. The number of rotatable bonds is 2. The fourth-order valence-corrected chi connectivity index (χ4v) is 2.90. The molecule has 0 aliphatic carbocycles. The van der Waals surface area contributed by atoms with E-state index in [1.54, 1.807) is 0 Å². The number of thioether (sulfide) groups is 1. The van der Waals surface area contributed by atoms with E-state index in [1.165, 1.54) is 17.0 Å². The Balaban J connectivity index is 2.32. The van der Waals surface area contributed by atoms with Crippen molar-refractivity contribution >= 4 is 11.8 Å². The van der Waals surface area contributed by atoms with E-state index in [0.29, 0.717) is 12.0 Å². The zero-order valence-electron chi connectivity index (χ0n) is 10.2. The molecule has 0 saturated carbocycles. The molecule has 1 atom stereocenters. The minimum absolute atomic E-state index is 0.401. The Morgan fingerprint density at radius 3 is 2.94 bits per heavy atom. The highest BCUT2D eigenvalue weighted by molar-refractivity contribution is 7.99. The Hall–Kier alpha value is -0.610. The Kier molecular flexibility index (Phi) is 3.82. The summed E-state index contributed by atoms with van der Waals surface area (Å²) >= 11 is 2.00. The first-order valence-corrected chi connectivity index (χ1v) is 6.98. The summed E-state index contributed by atoms with van der Waals surface area (Å²) in [6.45, 7) is 7.44. The van der Waals surface area contributed by atoms with Crippen molar-refractivity contribution in [2.75, 3.05) is 18.1 Å². The maximum absolute atomic E-state index is 4.63. The largest absolute Gasteiger partial charge is 0.307 e. The van der Waals surface area contributed by atoms with E-state index in [-0.39, 0.29) is 0 Å². The molecular formula is C12H19N3S. The highest BCUT2D eigenvalue weighted by Gasteiger charge is 2.21. The molecule has 1 unspecified atom stereocenters. The van der Waals surface area contributed by atoms with E-state index in [1.807, 2.05) is 24.9 Å². The lowest BCUT2D eigenvalue weighted by molar-refractivity contribution is 0.566. The van der Waals surface area contributed by atoms with Gasteiger partial charge in [-0.05, 0) is 18.4 Å². The van der Waals surface area contributed by atoms with Gasteiger partial charge in [0.15, 0.2) is 0 Å². The van der Waals surface area contributed by atoms with E-state index < -0.39 is 0 Å². The van der Waals surface area contributed by atoms with Crippen LogP contribution in [0.25, 0.3) is 0 Å². The molecule has 0 amide bonds. The van der Waals surface area contributed by atoms with Gasteiger partial charge in [0.05, 0.1) is 11.7 Å². The summed E-state index contributed by atoms with van der Waals surface area (Å²) in [5.74, 6) is 3.69. The van der Waals surface area contributed by atoms with Crippen molar-refractivity contribution in [1.29, 1.82) is 0 Å². The Bertz CT molecular complexity index is 359. The number of nitrogens with one attached hydrogen (secondary N) is 1. The molecule has 1 aliphatic rings. The van der Waals surface area contributed by atoms with Crippen molar-refractivity contribution in [3.63, 3.8) is 0 Å². The van der Waals surface area contributed by atoms with Crippen LogP contribution in [-0.4, -0.2) is 28.0 Å². The molecule has 2 heterocycles. The van der Waals surface area contributed by atoms with Crippen molar-refractivity contribution in [2.45, 2.75) is 32.7 Å². The summed E-state index contributed by atoms with van der Waals surface area (Å²) in [4.78, 5) is 8.94. The Morgan fingerprint density at radius 2 is 2.31 bits per heavy atom. The summed E-state index contributed by atoms with van der Waals surface area (Å²) in [7, 11) is 0.